The molecule has 13 heteroatoms. The van der Waals surface area contributed by atoms with E-state index in [1.807, 2.05) is 0 Å². The molecule has 1 fully saturated rings. The molecule has 1 saturated heterocycles. The van der Waals surface area contributed by atoms with Gasteiger partial charge in [0.25, 0.3) is 0 Å². The van der Waals surface area contributed by atoms with Gasteiger partial charge in [0.2, 0.25) is 26.0 Å². The van der Waals surface area contributed by atoms with Crippen molar-refractivity contribution in [2.24, 2.45) is 0 Å². The topological polar surface area (TPSA) is 113 Å². The van der Waals surface area contributed by atoms with E-state index in [0.29, 0.717) is 42.5 Å². The number of hydrogen-bond donors (Lipinski definition) is 1. The first-order valence-electron chi connectivity index (χ1n) is 12.0. The number of morpholine rings is 1. The summed E-state index contributed by atoms with van der Waals surface area (Å²) in [5.74, 6) is -0.521. The summed E-state index contributed by atoms with van der Waals surface area (Å²) >= 11 is 9.58. The Balaban J connectivity index is 1.45. The van der Waals surface area contributed by atoms with Gasteiger partial charge < -0.3 is 10.1 Å². The molecule has 0 aliphatic carbocycles. The third-order valence-corrected chi connectivity index (χ3v) is 10.7. The van der Waals surface area contributed by atoms with Crippen molar-refractivity contribution in [2.45, 2.75) is 22.9 Å². The van der Waals surface area contributed by atoms with Crippen LogP contribution in [-0.2, 0) is 42.7 Å². The minimum absolute atomic E-state index is 0.0441. The number of benzene rings is 3. The Labute approximate surface area is 241 Å². The molecule has 0 radical (unpaired) electrons. The smallest absolute Gasteiger partial charge is 0.243 e. The van der Waals surface area contributed by atoms with Gasteiger partial charge in [0, 0.05) is 35.7 Å². The maximum absolute atomic E-state index is 13.4. The highest BCUT2D eigenvalue weighted by Gasteiger charge is 2.28. The fourth-order valence-electron chi connectivity index (χ4n) is 3.93. The molecule has 3 aromatic rings. The Bertz CT molecular complexity index is 1510. The van der Waals surface area contributed by atoms with Gasteiger partial charge in [-0.3, -0.25) is 4.79 Å². The highest BCUT2D eigenvalue weighted by atomic mass is 79.9. The summed E-state index contributed by atoms with van der Waals surface area (Å²) in [6, 6.07) is 19.2. The normalized spacial score (nSPS) is 14.8. The molecule has 39 heavy (non-hydrogen) atoms. The van der Waals surface area contributed by atoms with Crippen molar-refractivity contribution in [3.05, 3.63) is 93.4 Å². The second-order valence-electron chi connectivity index (χ2n) is 8.76. The van der Waals surface area contributed by atoms with Gasteiger partial charge in [0.05, 0.1) is 29.5 Å². The Morgan fingerprint density at radius 1 is 0.923 bits per heavy atom. The summed E-state index contributed by atoms with van der Waals surface area (Å²) in [7, 11) is -7.66. The van der Waals surface area contributed by atoms with Gasteiger partial charge in [0.15, 0.2) is 0 Å². The molecule has 1 aliphatic heterocycles. The number of nitrogens with zero attached hydrogens (tertiary/aromatic N) is 2. The van der Waals surface area contributed by atoms with E-state index in [0.717, 1.165) is 8.78 Å². The lowest BCUT2D eigenvalue weighted by molar-refractivity contribution is -0.121. The van der Waals surface area contributed by atoms with Gasteiger partial charge in [-0.25, -0.2) is 16.8 Å². The molecule has 1 heterocycles. The number of halogens is 2. The van der Waals surface area contributed by atoms with Crippen molar-refractivity contribution in [3.63, 3.8) is 0 Å². The number of sulfonamides is 2. The summed E-state index contributed by atoms with van der Waals surface area (Å²) < 4.78 is 60.9. The van der Waals surface area contributed by atoms with Crippen LogP contribution in [0.25, 0.3) is 0 Å². The molecular weight excluding hydrogens is 630 g/mol. The van der Waals surface area contributed by atoms with Crippen LogP contribution in [0, 0.1) is 0 Å². The van der Waals surface area contributed by atoms with Gasteiger partial charge >= 0.3 is 0 Å². The average Bonchev–Trinajstić information content (AvgIpc) is 2.93. The number of carbonyl (C=O) groups excluding carboxylic acids is 1. The van der Waals surface area contributed by atoms with Gasteiger partial charge in [-0.15, -0.1) is 0 Å². The van der Waals surface area contributed by atoms with E-state index in [1.54, 1.807) is 48.5 Å². The van der Waals surface area contributed by atoms with Crippen LogP contribution >= 0.6 is 27.5 Å². The molecule has 3 aromatic carbocycles. The van der Waals surface area contributed by atoms with Crippen LogP contribution in [0.15, 0.2) is 87.1 Å². The predicted octanol–water partition coefficient (Wildman–Crippen LogP) is 3.63. The standard InChI is InChI=1S/C26H27BrClN3O6S2/c27-22-7-11-24(12-8-22)39(35,36)31(18-21-3-1-2-4-25(21)28)19-26(32)29-17-20-5-9-23(10-6-20)38(33,34)30-13-15-37-16-14-30/h1-12H,13-19H2,(H,29,32). The van der Waals surface area contributed by atoms with Crippen LogP contribution in [0.5, 0.6) is 0 Å². The molecule has 4 rings (SSSR count). The van der Waals surface area contributed by atoms with E-state index in [-0.39, 0.29) is 22.9 Å². The second kappa shape index (κ2) is 12.9. The third kappa shape index (κ3) is 7.46. The van der Waals surface area contributed by atoms with Crippen LogP contribution in [0.2, 0.25) is 5.02 Å². The maximum atomic E-state index is 13.4. The molecule has 0 atom stereocenters. The quantitative estimate of drug-likeness (QED) is 0.357. The monoisotopic (exact) mass is 655 g/mol. The average molecular weight is 657 g/mol. The van der Waals surface area contributed by atoms with Crippen molar-refractivity contribution in [3.8, 4) is 0 Å². The van der Waals surface area contributed by atoms with E-state index < -0.39 is 32.5 Å². The molecule has 208 valence electrons. The van der Waals surface area contributed by atoms with Crippen LogP contribution in [0.4, 0.5) is 0 Å². The van der Waals surface area contributed by atoms with Crippen molar-refractivity contribution in [1.29, 1.82) is 0 Å². The van der Waals surface area contributed by atoms with Crippen molar-refractivity contribution >= 4 is 53.5 Å². The zero-order chi connectivity index (χ0) is 28.0. The lowest BCUT2D eigenvalue weighted by atomic mass is 10.2. The number of hydrogen-bond acceptors (Lipinski definition) is 6. The SMILES string of the molecule is O=C(CN(Cc1ccccc1Cl)S(=O)(=O)c1ccc(Br)cc1)NCc1ccc(S(=O)(=O)N2CCOCC2)cc1. The molecule has 1 N–H and O–H groups in total. The molecule has 0 saturated carbocycles. The molecule has 9 nitrogen and oxygen atoms in total. The summed E-state index contributed by atoms with van der Waals surface area (Å²) in [6.07, 6.45) is 0. The summed E-state index contributed by atoms with van der Waals surface area (Å²) in [5.41, 5.74) is 1.22. The minimum atomic E-state index is -4.03. The number of amides is 1. The summed E-state index contributed by atoms with van der Waals surface area (Å²) in [6.45, 7) is 0.867. The molecule has 0 bridgehead atoms. The van der Waals surface area contributed by atoms with Crippen molar-refractivity contribution in [2.75, 3.05) is 32.8 Å². The fraction of sp³-hybridized carbons (Fsp3) is 0.269. The first-order valence-corrected chi connectivity index (χ1v) is 16.0. The van der Waals surface area contributed by atoms with E-state index in [2.05, 4.69) is 21.2 Å². The van der Waals surface area contributed by atoms with Crippen LogP contribution in [0.1, 0.15) is 11.1 Å². The molecule has 0 aromatic heterocycles. The number of ether oxygens (including phenoxy) is 1. The lowest BCUT2D eigenvalue weighted by Gasteiger charge is -2.26. The van der Waals surface area contributed by atoms with Gasteiger partial charge in [-0.1, -0.05) is 57.9 Å². The Hall–Kier alpha value is -2.32. The lowest BCUT2D eigenvalue weighted by Crippen LogP contribution is -2.40. The van der Waals surface area contributed by atoms with Crippen LogP contribution < -0.4 is 5.32 Å². The minimum Gasteiger partial charge on any atom is -0.379 e. The largest absolute Gasteiger partial charge is 0.379 e. The highest BCUT2D eigenvalue weighted by molar-refractivity contribution is 9.10. The van der Waals surface area contributed by atoms with Crippen molar-refractivity contribution in [1.82, 2.24) is 13.9 Å². The zero-order valence-electron chi connectivity index (χ0n) is 20.8. The number of nitrogens with one attached hydrogen (secondary N) is 1. The Morgan fingerprint density at radius 3 is 2.18 bits per heavy atom. The fourth-order valence-corrected chi connectivity index (χ4v) is 7.17. The van der Waals surface area contributed by atoms with Crippen molar-refractivity contribution < 1.29 is 26.4 Å². The van der Waals surface area contributed by atoms with Gasteiger partial charge in [-0.2, -0.15) is 8.61 Å². The van der Waals surface area contributed by atoms with E-state index >= 15 is 0 Å². The van der Waals surface area contributed by atoms with Gasteiger partial charge in [-0.05, 0) is 53.6 Å². The summed E-state index contributed by atoms with van der Waals surface area (Å²) in [4.78, 5) is 13.1. The second-order valence-corrected chi connectivity index (χ2v) is 14.0. The predicted molar refractivity (Wildman–Crippen MR) is 151 cm³/mol. The highest BCUT2D eigenvalue weighted by Crippen LogP contribution is 2.24. The molecule has 1 amide bonds. The Kier molecular flexibility index (Phi) is 9.81. The van der Waals surface area contributed by atoms with E-state index in [9.17, 15) is 21.6 Å². The van der Waals surface area contributed by atoms with Crippen LogP contribution in [0.3, 0.4) is 0 Å². The first-order chi connectivity index (χ1) is 18.6. The maximum Gasteiger partial charge on any atom is 0.243 e. The van der Waals surface area contributed by atoms with E-state index in [1.165, 1.54) is 28.6 Å². The van der Waals surface area contributed by atoms with E-state index in [4.69, 9.17) is 16.3 Å². The number of carbonyl (C=O) groups is 1. The van der Waals surface area contributed by atoms with Crippen LogP contribution in [-0.4, -0.2) is 64.2 Å². The van der Waals surface area contributed by atoms with Gasteiger partial charge in [0.1, 0.15) is 0 Å². The third-order valence-electron chi connectivity index (χ3n) is 6.10. The molecule has 0 unspecified atom stereocenters. The molecule has 0 spiro atoms. The Morgan fingerprint density at radius 2 is 1.54 bits per heavy atom. The summed E-state index contributed by atoms with van der Waals surface area (Å²) in [5, 5.41) is 3.11. The molecular formula is C26H27BrClN3O6S2. The first kappa shape index (κ1) is 29.7. The molecule has 1 aliphatic rings. The zero-order valence-corrected chi connectivity index (χ0v) is 24.8. The number of rotatable bonds is 10.